The standard InChI is InChI=1S/C20H23N7OS/c1-12-9-19(26-25-12)24-18-10-16(21-13(2)22-18)17-5-4-8-27(17)20(28)7-6-15-11-29-14(3)23-15/h6-7,9-11,17H,4-5,8H2,1-3H3,(H2,21,22,24,25,26). The summed E-state index contributed by atoms with van der Waals surface area (Å²) in [6.07, 6.45) is 5.21. The van der Waals surface area contributed by atoms with E-state index in [1.165, 1.54) is 0 Å². The molecule has 0 aromatic carbocycles. The monoisotopic (exact) mass is 409 g/mol. The molecular formula is C20H23N7OS. The van der Waals surface area contributed by atoms with E-state index in [4.69, 9.17) is 0 Å². The van der Waals surface area contributed by atoms with E-state index in [9.17, 15) is 4.79 Å². The van der Waals surface area contributed by atoms with Crippen molar-refractivity contribution in [3.05, 3.63) is 51.5 Å². The molecule has 0 radical (unpaired) electrons. The number of H-pyrrole nitrogens is 1. The van der Waals surface area contributed by atoms with Crippen LogP contribution < -0.4 is 5.32 Å². The second kappa shape index (κ2) is 8.12. The van der Waals surface area contributed by atoms with Gasteiger partial charge in [0.25, 0.3) is 0 Å². The Morgan fingerprint density at radius 2 is 2.10 bits per heavy atom. The Bertz CT molecular complexity index is 1050. The third-order valence-electron chi connectivity index (χ3n) is 4.73. The van der Waals surface area contributed by atoms with Gasteiger partial charge < -0.3 is 10.2 Å². The van der Waals surface area contributed by atoms with Gasteiger partial charge >= 0.3 is 0 Å². The van der Waals surface area contributed by atoms with Gasteiger partial charge in [-0.2, -0.15) is 5.10 Å². The summed E-state index contributed by atoms with van der Waals surface area (Å²) < 4.78 is 0. The molecule has 0 aliphatic carbocycles. The molecule has 1 atom stereocenters. The summed E-state index contributed by atoms with van der Waals surface area (Å²) in [7, 11) is 0. The average molecular weight is 410 g/mol. The molecular weight excluding hydrogens is 386 g/mol. The van der Waals surface area contributed by atoms with Crippen molar-refractivity contribution in [1.29, 1.82) is 0 Å². The minimum absolute atomic E-state index is 0.0214. The van der Waals surface area contributed by atoms with Crippen LogP contribution in [0.1, 0.15) is 46.8 Å². The first-order valence-corrected chi connectivity index (χ1v) is 10.4. The van der Waals surface area contributed by atoms with Crippen LogP contribution in [0.3, 0.4) is 0 Å². The molecule has 3 aromatic rings. The fraction of sp³-hybridized carbons (Fsp3) is 0.350. The zero-order chi connectivity index (χ0) is 20.4. The van der Waals surface area contributed by atoms with Gasteiger partial charge in [-0.15, -0.1) is 11.3 Å². The second-order valence-corrected chi connectivity index (χ2v) is 8.16. The SMILES string of the molecule is Cc1nc(Nc2cc(C)[nH]n2)cc(C2CCCN2C(=O)C=Cc2csc(C)n2)n1. The highest BCUT2D eigenvalue weighted by Gasteiger charge is 2.30. The molecule has 9 heteroatoms. The van der Waals surface area contributed by atoms with Gasteiger partial charge in [0.1, 0.15) is 11.6 Å². The number of anilines is 2. The number of aromatic nitrogens is 5. The van der Waals surface area contributed by atoms with E-state index < -0.39 is 0 Å². The maximum atomic E-state index is 12.8. The molecule has 0 bridgehead atoms. The molecule has 1 aliphatic rings. The summed E-state index contributed by atoms with van der Waals surface area (Å²) in [5.41, 5.74) is 2.62. The molecule has 1 saturated heterocycles. The lowest BCUT2D eigenvalue weighted by Crippen LogP contribution is -2.29. The molecule has 8 nitrogen and oxygen atoms in total. The lowest BCUT2D eigenvalue weighted by atomic mass is 10.1. The van der Waals surface area contributed by atoms with E-state index in [0.717, 1.165) is 34.9 Å². The number of hydrogen-bond donors (Lipinski definition) is 2. The Kier molecular flexibility index (Phi) is 5.39. The highest BCUT2D eigenvalue weighted by molar-refractivity contribution is 7.09. The summed E-state index contributed by atoms with van der Waals surface area (Å²) in [4.78, 5) is 28.1. The van der Waals surface area contributed by atoms with Crippen molar-refractivity contribution in [2.45, 2.75) is 39.7 Å². The van der Waals surface area contributed by atoms with Crippen molar-refractivity contribution in [2.75, 3.05) is 11.9 Å². The third kappa shape index (κ3) is 4.51. The Morgan fingerprint density at radius 1 is 1.24 bits per heavy atom. The first kappa shape index (κ1) is 19.3. The molecule has 3 aromatic heterocycles. The third-order valence-corrected chi connectivity index (χ3v) is 5.52. The lowest BCUT2D eigenvalue weighted by molar-refractivity contribution is -0.126. The molecule has 2 N–H and O–H groups in total. The molecule has 4 rings (SSSR count). The highest BCUT2D eigenvalue weighted by atomic mass is 32.1. The number of aryl methyl sites for hydroxylation is 3. The van der Waals surface area contributed by atoms with Crippen molar-refractivity contribution in [3.63, 3.8) is 0 Å². The number of carbonyl (C=O) groups excluding carboxylic acids is 1. The molecule has 150 valence electrons. The zero-order valence-corrected chi connectivity index (χ0v) is 17.5. The van der Waals surface area contributed by atoms with Gasteiger partial charge in [-0.1, -0.05) is 0 Å². The van der Waals surface area contributed by atoms with Crippen molar-refractivity contribution in [1.82, 2.24) is 30.0 Å². The van der Waals surface area contributed by atoms with E-state index >= 15 is 0 Å². The van der Waals surface area contributed by atoms with Crippen LogP contribution in [0.15, 0.2) is 23.6 Å². The number of amides is 1. The predicted octanol–water partition coefficient (Wildman–Crippen LogP) is 3.70. The molecule has 1 aliphatic heterocycles. The summed E-state index contributed by atoms with van der Waals surface area (Å²) >= 11 is 1.57. The predicted molar refractivity (Wildman–Crippen MR) is 113 cm³/mol. The van der Waals surface area contributed by atoms with E-state index in [0.29, 0.717) is 24.0 Å². The Labute approximate surface area is 173 Å². The molecule has 4 heterocycles. The molecule has 0 saturated carbocycles. The van der Waals surface area contributed by atoms with Crippen LogP contribution in [0.4, 0.5) is 11.6 Å². The Hall–Kier alpha value is -3.07. The maximum absolute atomic E-state index is 12.8. The second-order valence-electron chi connectivity index (χ2n) is 7.10. The largest absolute Gasteiger partial charge is 0.331 e. The lowest BCUT2D eigenvalue weighted by Gasteiger charge is -2.23. The van der Waals surface area contributed by atoms with E-state index in [2.05, 4.69) is 30.5 Å². The smallest absolute Gasteiger partial charge is 0.247 e. The normalized spacial score (nSPS) is 16.7. The van der Waals surface area contributed by atoms with Gasteiger partial charge in [0, 0.05) is 35.8 Å². The number of rotatable bonds is 5. The van der Waals surface area contributed by atoms with E-state index in [-0.39, 0.29) is 11.9 Å². The number of aromatic amines is 1. The van der Waals surface area contributed by atoms with Crippen molar-refractivity contribution in [2.24, 2.45) is 0 Å². The summed E-state index contributed by atoms with van der Waals surface area (Å²) in [5.74, 6) is 2.01. The highest BCUT2D eigenvalue weighted by Crippen LogP contribution is 2.32. The van der Waals surface area contributed by atoms with Gasteiger partial charge in [-0.25, -0.2) is 15.0 Å². The molecule has 0 spiro atoms. The van der Waals surface area contributed by atoms with Crippen LogP contribution in [-0.2, 0) is 4.79 Å². The molecule has 1 fully saturated rings. The van der Waals surface area contributed by atoms with Crippen LogP contribution in [-0.4, -0.2) is 42.5 Å². The fourth-order valence-corrected chi connectivity index (χ4v) is 4.07. The summed E-state index contributed by atoms with van der Waals surface area (Å²) in [6.45, 7) is 6.47. The zero-order valence-electron chi connectivity index (χ0n) is 16.6. The number of nitrogens with zero attached hydrogens (tertiary/aromatic N) is 5. The van der Waals surface area contributed by atoms with Crippen LogP contribution in [0.25, 0.3) is 6.08 Å². The minimum Gasteiger partial charge on any atom is -0.331 e. The number of thiazole rings is 1. The van der Waals surface area contributed by atoms with Crippen molar-refractivity contribution in [3.8, 4) is 0 Å². The first-order valence-electron chi connectivity index (χ1n) is 9.53. The number of hydrogen-bond acceptors (Lipinski definition) is 7. The Balaban J connectivity index is 1.53. The van der Waals surface area contributed by atoms with Crippen LogP contribution in [0, 0.1) is 20.8 Å². The van der Waals surface area contributed by atoms with Crippen molar-refractivity contribution < 1.29 is 4.79 Å². The minimum atomic E-state index is -0.0625. The van der Waals surface area contributed by atoms with Gasteiger partial charge in [-0.3, -0.25) is 9.89 Å². The van der Waals surface area contributed by atoms with Gasteiger partial charge in [-0.05, 0) is 39.7 Å². The van der Waals surface area contributed by atoms with Gasteiger partial charge in [0.15, 0.2) is 5.82 Å². The maximum Gasteiger partial charge on any atom is 0.247 e. The van der Waals surface area contributed by atoms with Gasteiger partial charge in [0.05, 0.1) is 22.4 Å². The topological polar surface area (TPSA) is 99.7 Å². The summed E-state index contributed by atoms with van der Waals surface area (Å²) in [6, 6.07) is 3.75. The fourth-order valence-electron chi connectivity index (χ4n) is 3.49. The van der Waals surface area contributed by atoms with E-state index in [1.807, 2.05) is 43.2 Å². The van der Waals surface area contributed by atoms with Gasteiger partial charge in [0.2, 0.25) is 5.91 Å². The summed E-state index contributed by atoms with van der Waals surface area (Å²) in [5, 5.41) is 13.2. The molecule has 1 amide bonds. The van der Waals surface area contributed by atoms with Crippen LogP contribution in [0.2, 0.25) is 0 Å². The average Bonchev–Trinajstić information content (AvgIpc) is 3.41. The number of likely N-dealkylation sites (tertiary alicyclic amines) is 1. The van der Waals surface area contributed by atoms with Crippen LogP contribution in [0.5, 0.6) is 0 Å². The molecule has 29 heavy (non-hydrogen) atoms. The first-order chi connectivity index (χ1) is 14.0. The Morgan fingerprint density at radius 3 is 2.83 bits per heavy atom. The van der Waals surface area contributed by atoms with Crippen LogP contribution >= 0.6 is 11.3 Å². The molecule has 1 unspecified atom stereocenters. The number of nitrogens with one attached hydrogen (secondary N) is 2. The quantitative estimate of drug-likeness (QED) is 0.623. The van der Waals surface area contributed by atoms with Crippen molar-refractivity contribution >= 4 is 35.0 Å². The van der Waals surface area contributed by atoms with E-state index in [1.54, 1.807) is 23.5 Å². The number of carbonyl (C=O) groups is 1.